The Morgan fingerprint density at radius 1 is 1.30 bits per heavy atom. The Bertz CT molecular complexity index is 641. The van der Waals surface area contributed by atoms with Gasteiger partial charge in [-0.15, -0.1) is 0 Å². The summed E-state index contributed by atoms with van der Waals surface area (Å²) in [5.74, 6) is 0.115. The van der Waals surface area contributed by atoms with Crippen LogP contribution in [0.3, 0.4) is 0 Å². The van der Waals surface area contributed by atoms with Gasteiger partial charge in [0.05, 0.1) is 9.13 Å². The molecule has 104 valence electrons. The molecular weight excluding hydrogens is 369 g/mol. The van der Waals surface area contributed by atoms with Gasteiger partial charge >= 0.3 is 5.97 Å². The van der Waals surface area contributed by atoms with Crippen LogP contribution in [-0.2, 0) is 0 Å². The Morgan fingerprint density at radius 3 is 2.60 bits per heavy atom. The maximum atomic E-state index is 11.2. The molecule has 0 radical (unpaired) electrons. The van der Waals surface area contributed by atoms with Crippen LogP contribution >= 0.6 is 22.6 Å². The van der Waals surface area contributed by atoms with E-state index < -0.39 is 5.97 Å². The Morgan fingerprint density at radius 2 is 2.00 bits per heavy atom. The molecule has 0 aliphatic heterocycles. The number of nitrogens with zero attached hydrogens (tertiary/aromatic N) is 1. The van der Waals surface area contributed by atoms with Gasteiger partial charge in [-0.1, -0.05) is 26.0 Å². The number of ether oxygens (including phenoxy) is 1. The second kappa shape index (κ2) is 6.21. The van der Waals surface area contributed by atoms with Gasteiger partial charge in [0, 0.05) is 11.8 Å². The highest BCUT2D eigenvalue weighted by Crippen LogP contribution is 2.27. The van der Waals surface area contributed by atoms with Crippen LogP contribution in [0.5, 0.6) is 11.6 Å². The normalized spacial score (nSPS) is 10.6. The van der Waals surface area contributed by atoms with Crippen LogP contribution in [-0.4, -0.2) is 16.1 Å². The van der Waals surface area contributed by atoms with Crippen molar-refractivity contribution in [1.29, 1.82) is 0 Å². The molecule has 4 nitrogen and oxygen atoms in total. The van der Waals surface area contributed by atoms with Gasteiger partial charge in [0.1, 0.15) is 5.75 Å². The first kappa shape index (κ1) is 14.8. The monoisotopic (exact) mass is 383 g/mol. The van der Waals surface area contributed by atoms with Crippen molar-refractivity contribution in [1.82, 2.24) is 4.98 Å². The van der Waals surface area contributed by atoms with Crippen molar-refractivity contribution >= 4 is 28.6 Å². The highest BCUT2D eigenvalue weighted by atomic mass is 127. The van der Waals surface area contributed by atoms with E-state index in [1.54, 1.807) is 6.07 Å². The smallest absolute Gasteiger partial charge is 0.335 e. The number of carboxylic acids is 1. The van der Waals surface area contributed by atoms with Gasteiger partial charge in [0.25, 0.3) is 0 Å². The van der Waals surface area contributed by atoms with Crippen LogP contribution < -0.4 is 4.74 Å². The maximum absolute atomic E-state index is 11.2. The number of halogens is 1. The molecule has 0 amide bonds. The van der Waals surface area contributed by atoms with Crippen molar-refractivity contribution in [3.63, 3.8) is 0 Å². The average molecular weight is 383 g/mol. The standard InChI is InChI=1S/C15H14INO3/c1-9(2)12-7-10(15(18)19)8-14(17-12)20-13-6-4-3-5-11(13)16/h3-9H,1-2H3,(H,18,19). The van der Waals surface area contributed by atoms with Crippen LogP contribution in [0.15, 0.2) is 36.4 Å². The van der Waals surface area contributed by atoms with E-state index in [9.17, 15) is 4.79 Å². The van der Waals surface area contributed by atoms with E-state index in [1.165, 1.54) is 6.07 Å². The lowest BCUT2D eigenvalue weighted by Gasteiger charge is -2.11. The summed E-state index contributed by atoms with van der Waals surface area (Å²) in [6, 6.07) is 10.5. The molecule has 20 heavy (non-hydrogen) atoms. The minimum Gasteiger partial charge on any atom is -0.478 e. The zero-order valence-electron chi connectivity index (χ0n) is 11.1. The minimum atomic E-state index is -0.984. The largest absolute Gasteiger partial charge is 0.478 e. The van der Waals surface area contributed by atoms with Gasteiger partial charge < -0.3 is 9.84 Å². The fourth-order valence-corrected chi connectivity index (χ4v) is 2.13. The van der Waals surface area contributed by atoms with Crippen LogP contribution in [0, 0.1) is 3.57 Å². The predicted octanol–water partition coefficient (Wildman–Crippen LogP) is 4.30. The number of carbonyl (C=O) groups is 1. The molecule has 0 saturated heterocycles. The number of rotatable bonds is 4. The molecule has 0 unspecified atom stereocenters. The number of aromatic nitrogens is 1. The Labute approximate surface area is 130 Å². The molecule has 1 N–H and O–H groups in total. The van der Waals surface area contributed by atoms with Crippen molar-refractivity contribution in [2.24, 2.45) is 0 Å². The summed E-state index contributed by atoms with van der Waals surface area (Å²) in [5, 5.41) is 9.15. The third-order valence-electron chi connectivity index (χ3n) is 2.71. The molecule has 1 aromatic carbocycles. The summed E-state index contributed by atoms with van der Waals surface area (Å²) in [6.45, 7) is 3.92. The van der Waals surface area contributed by atoms with Crippen LogP contribution in [0.2, 0.25) is 0 Å². The van der Waals surface area contributed by atoms with E-state index in [4.69, 9.17) is 9.84 Å². The molecule has 0 fully saturated rings. The van der Waals surface area contributed by atoms with Gasteiger partial charge in [-0.3, -0.25) is 0 Å². The van der Waals surface area contributed by atoms with Crippen LogP contribution in [0.25, 0.3) is 0 Å². The van der Waals surface area contributed by atoms with E-state index in [-0.39, 0.29) is 11.5 Å². The Hall–Kier alpha value is -1.63. The molecular formula is C15H14INO3. The van der Waals surface area contributed by atoms with E-state index in [2.05, 4.69) is 27.6 Å². The van der Waals surface area contributed by atoms with Crippen LogP contribution in [0.4, 0.5) is 0 Å². The lowest BCUT2D eigenvalue weighted by molar-refractivity contribution is 0.0696. The van der Waals surface area contributed by atoms with Crippen molar-refractivity contribution in [2.45, 2.75) is 19.8 Å². The fraction of sp³-hybridized carbons (Fsp3) is 0.200. The molecule has 0 atom stereocenters. The second-order valence-electron chi connectivity index (χ2n) is 4.61. The molecule has 0 spiro atoms. The van der Waals surface area contributed by atoms with Crippen molar-refractivity contribution < 1.29 is 14.6 Å². The summed E-state index contributed by atoms with van der Waals surface area (Å²) in [6.07, 6.45) is 0. The van der Waals surface area contributed by atoms with Gasteiger partial charge in [0.15, 0.2) is 0 Å². The topological polar surface area (TPSA) is 59.4 Å². The number of hydrogen-bond acceptors (Lipinski definition) is 3. The molecule has 1 heterocycles. The summed E-state index contributed by atoms with van der Waals surface area (Å²) >= 11 is 2.16. The summed E-state index contributed by atoms with van der Waals surface area (Å²) in [4.78, 5) is 15.5. The predicted molar refractivity (Wildman–Crippen MR) is 84.5 cm³/mol. The van der Waals surface area contributed by atoms with E-state index in [1.807, 2.05) is 38.1 Å². The third-order valence-corrected chi connectivity index (χ3v) is 3.60. The molecule has 0 aliphatic carbocycles. The van der Waals surface area contributed by atoms with Crippen molar-refractivity contribution in [3.8, 4) is 11.6 Å². The molecule has 2 aromatic rings. The lowest BCUT2D eigenvalue weighted by atomic mass is 10.1. The van der Waals surface area contributed by atoms with Gasteiger partial charge in [0.2, 0.25) is 5.88 Å². The van der Waals surface area contributed by atoms with E-state index in [0.717, 1.165) is 3.57 Å². The second-order valence-corrected chi connectivity index (χ2v) is 5.77. The first-order valence-corrected chi connectivity index (χ1v) is 7.23. The van der Waals surface area contributed by atoms with Crippen molar-refractivity contribution in [3.05, 3.63) is 51.2 Å². The average Bonchev–Trinajstić information content (AvgIpc) is 2.41. The minimum absolute atomic E-state index is 0.131. The highest BCUT2D eigenvalue weighted by Gasteiger charge is 2.12. The van der Waals surface area contributed by atoms with Gasteiger partial charge in [-0.25, -0.2) is 9.78 Å². The Kier molecular flexibility index (Phi) is 4.59. The summed E-state index contributed by atoms with van der Waals surface area (Å²) in [5.41, 5.74) is 0.885. The molecule has 1 aromatic heterocycles. The lowest BCUT2D eigenvalue weighted by Crippen LogP contribution is -2.03. The number of aromatic carboxylic acids is 1. The molecule has 0 bridgehead atoms. The highest BCUT2D eigenvalue weighted by molar-refractivity contribution is 14.1. The van der Waals surface area contributed by atoms with Gasteiger partial charge in [-0.2, -0.15) is 0 Å². The number of pyridine rings is 1. The number of para-hydroxylation sites is 1. The van der Waals surface area contributed by atoms with E-state index in [0.29, 0.717) is 17.3 Å². The molecule has 2 rings (SSSR count). The van der Waals surface area contributed by atoms with Crippen LogP contribution in [0.1, 0.15) is 35.8 Å². The number of hydrogen-bond donors (Lipinski definition) is 1. The first-order chi connectivity index (χ1) is 9.47. The zero-order chi connectivity index (χ0) is 14.7. The number of benzene rings is 1. The number of carboxylic acid groups (broad SMARTS) is 1. The first-order valence-electron chi connectivity index (χ1n) is 6.15. The molecule has 0 saturated carbocycles. The van der Waals surface area contributed by atoms with Crippen molar-refractivity contribution in [2.75, 3.05) is 0 Å². The fourth-order valence-electron chi connectivity index (χ4n) is 1.64. The summed E-state index contributed by atoms with van der Waals surface area (Å²) in [7, 11) is 0. The Balaban J connectivity index is 2.41. The van der Waals surface area contributed by atoms with Gasteiger partial charge in [-0.05, 0) is 46.7 Å². The third kappa shape index (κ3) is 3.47. The summed E-state index contributed by atoms with van der Waals surface area (Å²) < 4.78 is 6.65. The zero-order valence-corrected chi connectivity index (χ0v) is 13.3. The SMILES string of the molecule is CC(C)c1cc(C(=O)O)cc(Oc2ccccc2I)n1. The molecule has 5 heteroatoms. The quantitative estimate of drug-likeness (QED) is 0.800. The maximum Gasteiger partial charge on any atom is 0.335 e. The van der Waals surface area contributed by atoms with E-state index >= 15 is 0 Å². The molecule has 0 aliphatic rings.